The maximum atomic E-state index is 5.86. The van der Waals surface area contributed by atoms with E-state index in [0.717, 1.165) is 23.5 Å². The third-order valence-corrected chi connectivity index (χ3v) is 2.99. The summed E-state index contributed by atoms with van der Waals surface area (Å²) < 4.78 is 10.7. The third-order valence-electron chi connectivity index (χ3n) is 2.99. The summed E-state index contributed by atoms with van der Waals surface area (Å²) >= 11 is 0. The minimum Gasteiger partial charge on any atom is -0.496 e. The van der Waals surface area contributed by atoms with Crippen LogP contribution < -0.4 is 15.2 Å². The van der Waals surface area contributed by atoms with Crippen molar-refractivity contribution in [2.45, 2.75) is 25.3 Å². The van der Waals surface area contributed by atoms with Gasteiger partial charge in [0.2, 0.25) is 0 Å². The van der Waals surface area contributed by atoms with Gasteiger partial charge in [-0.1, -0.05) is 0 Å². The normalized spacial score (nSPS) is 23.7. The Kier molecular flexibility index (Phi) is 2.57. The van der Waals surface area contributed by atoms with E-state index in [1.165, 1.54) is 5.56 Å². The predicted octanol–water partition coefficient (Wildman–Crippen LogP) is 1.83. The minimum atomic E-state index is 0.284. The first-order chi connectivity index (χ1) is 7.17. The van der Waals surface area contributed by atoms with Crippen LogP contribution >= 0.6 is 0 Å². The van der Waals surface area contributed by atoms with Crippen molar-refractivity contribution in [2.24, 2.45) is 5.73 Å². The lowest BCUT2D eigenvalue weighted by Crippen LogP contribution is -2.03. The fraction of sp³-hybridized carbons (Fsp3) is 0.500. The first-order valence-corrected chi connectivity index (χ1v) is 5.15. The van der Waals surface area contributed by atoms with Crippen LogP contribution in [0, 0.1) is 6.92 Å². The van der Waals surface area contributed by atoms with E-state index >= 15 is 0 Å². The first-order valence-electron chi connectivity index (χ1n) is 5.15. The summed E-state index contributed by atoms with van der Waals surface area (Å²) in [5.41, 5.74) is 8.12. The van der Waals surface area contributed by atoms with E-state index in [1.54, 1.807) is 14.2 Å². The van der Waals surface area contributed by atoms with Gasteiger partial charge in [0.25, 0.3) is 0 Å². The zero-order chi connectivity index (χ0) is 11.0. The molecule has 0 heterocycles. The molecule has 1 aromatic rings. The summed E-state index contributed by atoms with van der Waals surface area (Å²) in [6, 6.07) is 4.34. The van der Waals surface area contributed by atoms with Gasteiger partial charge in [-0.25, -0.2) is 0 Å². The minimum absolute atomic E-state index is 0.284. The Balaban J connectivity index is 2.42. The highest BCUT2D eigenvalue weighted by Crippen LogP contribution is 2.45. The average Bonchev–Trinajstić information content (AvgIpc) is 2.95. The maximum Gasteiger partial charge on any atom is 0.122 e. The molecule has 0 spiro atoms. The molecule has 1 fully saturated rings. The number of aryl methyl sites for hydroxylation is 1. The number of ether oxygens (including phenoxy) is 2. The Morgan fingerprint density at radius 3 is 2.27 bits per heavy atom. The number of benzene rings is 1. The fourth-order valence-corrected chi connectivity index (χ4v) is 1.94. The van der Waals surface area contributed by atoms with Crippen LogP contribution in [0.15, 0.2) is 12.1 Å². The Morgan fingerprint density at radius 1 is 1.20 bits per heavy atom. The van der Waals surface area contributed by atoms with Crippen LogP contribution in [-0.4, -0.2) is 20.3 Å². The van der Waals surface area contributed by atoms with E-state index in [-0.39, 0.29) is 6.04 Å². The van der Waals surface area contributed by atoms with Gasteiger partial charge in [-0.2, -0.15) is 0 Å². The number of hydrogen-bond donors (Lipinski definition) is 1. The molecule has 0 saturated heterocycles. The standard InChI is InChI=1S/C12H17NO2/c1-7-4-12(15-3)9(6-11(7)14-2)8-5-10(8)13/h4,6,8,10H,5,13H2,1-3H3/t8-,10+/m0/s1. The van der Waals surface area contributed by atoms with Crippen LogP contribution in [0.4, 0.5) is 0 Å². The zero-order valence-electron chi connectivity index (χ0n) is 9.41. The highest BCUT2D eigenvalue weighted by Gasteiger charge is 2.37. The molecule has 0 amide bonds. The van der Waals surface area contributed by atoms with Crippen molar-refractivity contribution in [3.63, 3.8) is 0 Å². The van der Waals surface area contributed by atoms with Gasteiger partial charge in [0, 0.05) is 17.5 Å². The van der Waals surface area contributed by atoms with Crippen LogP contribution in [0.25, 0.3) is 0 Å². The number of hydrogen-bond acceptors (Lipinski definition) is 3. The molecule has 2 N–H and O–H groups in total. The predicted molar refractivity (Wildman–Crippen MR) is 59.6 cm³/mol. The van der Waals surface area contributed by atoms with Gasteiger partial charge >= 0.3 is 0 Å². The first kappa shape index (κ1) is 10.3. The molecule has 0 aliphatic heterocycles. The smallest absolute Gasteiger partial charge is 0.122 e. The Morgan fingerprint density at radius 2 is 1.80 bits per heavy atom. The van der Waals surface area contributed by atoms with Crippen molar-refractivity contribution < 1.29 is 9.47 Å². The Hall–Kier alpha value is -1.22. The fourth-order valence-electron chi connectivity index (χ4n) is 1.94. The molecule has 1 saturated carbocycles. The zero-order valence-corrected chi connectivity index (χ0v) is 9.41. The van der Waals surface area contributed by atoms with Gasteiger partial charge in [-0.15, -0.1) is 0 Å². The number of methoxy groups -OCH3 is 2. The van der Waals surface area contributed by atoms with Crippen LogP contribution in [-0.2, 0) is 0 Å². The van der Waals surface area contributed by atoms with Gasteiger partial charge in [0.1, 0.15) is 11.5 Å². The molecule has 3 nitrogen and oxygen atoms in total. The lowest BCUT2D eigenvalue weighted by atomic mass is 10.1. The van der Waals surface area contributed by atoms with Crippen molar-refractivity contribution in [1.29, 1.82) is 0 Å². The van der Waals surface area contributed by atoms with Crippen LogP contribution in [0.5, 0.6) is 11.5 Å². The number of rotatable bonds is 3. The second kappa shape index (κ2) is 3.74. The topological polar surface area (TPSA) is 44.5 Å². The van der Waals surface area contributed by atoms with E-state index in [4.69, 9.17) is 15.2 Å². The van der Waals surface area contributed by atoms with Gasteiger partial charge in [0.05, 0.1) is 14.2 Å². The lowest BCUT2D eigenvalue weighted by Gasteiger charge is -2.12. The van der Waals surface area contributed by atoms with Crippen molar-refractivity contribution in [2.75, 3.05) is 14.2 Å². The molecule has 0 radical (unpaired) electrons. The molecule has 0 unspecified atom stereocenters. The van der Waals surface area contributed by atoms with Gasteiger partial charge in [-0.05, 0) is 31.0 Å². The van der Waals surface area contributed by atoms with E-state index in [1.807, 2.05) is 19.1 Å². The van der Waals surface area contributed by atoms with Crippen molar-refractivity contribution in [3.05, 3.63) is 23.3 Å². The third kappa shape index (κ3) is 1.79. The summed E-state index contributed by atoms with van der Waals surface area (Å²) in [5, 5.41) is 0. The largest absolute Gasteiger partial charge is 0.496 e. The monoisotopic (exact) mass is 207 g/mol. The molecule has 2 rings (SSSR count). The van der Waals surface area contributed by atoms with Crippen molar-refractivity contribution in [3.8, 4) is 11.5 Å². The number of nitrogens with two attached hydrogens (primary N) is 1. The van der Waals surface area contributed by atoms with E-state index < -0.39 is 0 Å². The molecule has 1 aliphatic rings. The van der Waals surface area contributed by atoms with Crippen LogP contribution in [0.1, 0.15) is 23.5 Å². The molecule has 1 aliphatic carbocycles. The second-order valence-corrected chi connectivity index (χ2v) is 4.07. The average molecular weight is 207 g/mol. The summed E-state index contributed by atoms with van der Waals surface area (Å²) in [6.45, 7) is 2.01. The summed E-state index contributed by atoms with van der Waals surface area (Å²) in [7, 11) is 3.38. The van der Waals surface area contributed by atoms with E-state index in [2.05, 4.69) is 0 Å². The molecule has 2 atom stereocenters. The summed E-state index contributed by atoms with van der Waals surface area (Å²) in [5.74, 6) is 2.27. The van der Waals surface area contributed by atoms with Crippen molar-refractivity contribution in [1.82, 2.24) is 0 Å². The molecule has 3 heteroatoms. The maximum absolute atomic E-state index is 5.86. The quantitative estimate of drug-likeness (QED) is 0.822. The highest BCUT2D eigenvalue weighted by atomic mass is 16.5. The Bertz CT molecular complexity index is 376. The Labute approximate surface area is 90.2 Å². The molecule has 0 aromatic heterocycles. The SMILES string of the molecule is COc1cc([C@@H]2C[C@H]2N)c(OC)cc1C. The molecule has 0 bridgehead atoms. The molecule has 82 valence electrons. The molecular weight excluding hydrogens is 190 g/mol. The lowest BCUT2D eigenvalue weighted by molar-refractivity contribution is 0.396. The highest BCUT2D eigenvalue weighted by molar-refractivity contribution is 5.49. The molecule has 1 aromatic carbocycles. The van der Waals surface area contributed by atoms with Gasteiger partial charge in [0.15, 0.2) is 0 Å². The van der Waals surface area contributed by atoms with E-state index in [0.29, 0.717) is 5.92 Å². The molecule has 15 heavy (non-hydrogen) atoms. The molecular formula is C12H17NO2. The second-order valence-electron chi connectivity index (χ2n) is 4.07. The van der Waals surface area contributed by atoms with Crippen LogP contribution in [0.2, 0.25) is 0 Å². The van der Waals surface area contributed by atoms with E-state index in [9.17, 15) is 0 Å². The van der Waals surface area contributed by atoms with Crippen molar-refractivity contribution >= 4 is 0 Å². The van der Waals surface area contributed by atoms with Gasteiger partial charge in [-0.3, -0.25) is 0 Å². The van der Waals surface area contributed by atoms with Gasteiger partial charge < -0.3 is 15.2 Å². The van der Waals surface area contributed by atoms with Crippen LogP contribution in [0.3, 0.4) is 0 Å². The summed E-state index contributed by atoms with van der Waals surface area (Å²) in [4.78, 5) is 0. The summed E-state index contributed by atoms with van der Waals surface area (Å²) in [6.07, 6.45) is 1.04.